The van der Waals surface area contributed by atoms with E-state index < -0.39 is 21.5 Å². The number of fused-ring (bicyclic) bond motifs is 1. The van der Waals surface area contributed by atoms with Crippen LogP contribution in [0, 0.1) is 0 Å². The van der Waals surface area contributed by atoms with E-state index in [1.807, 2.05) is 27.7 Å². The van der Waals surface area contributed by atoms with Crippen LogP contribution in [0.3, 0.4) is 0 Å². The van der Waals surface area contributed by atoms with Gasteiger partial charge in [-0.15, -0.1) is 0 Å². The van der Waals surface area contributed by atoms with Gasteiger partial charge in [0.1, 0.15) is 12.3 Å². The number of carbonyl (C=O) groups is 2. The van der Waals surface area contributed by atoms with Gasteiger partial charge in [-0.3, -0.25) is 9.59 Å². The molecule has 1 aromatic carbocycles. The monoisotopic (exact) mass is 491 g/mol. The van der Waals surface area contributed by atoms with Crippen molar-refractivity contribution < 1.29 is 27.5 Å². The smallest absolute Gasteiger partial charge is 0.242 e. The van der Waals surface area contributed by atoms with Gasteiger partial charge >= 0.3 is 0 Å². The zero-order chi connectivity index (χ0) is 24.6. The summed E-state index contributed by atoms with van der Waals surface area (Å²) in [6.07, 6.45) is 1.09. The third-order valence-electron chi connectivity index (χ3n) is 6.25. The van der Waals surface area contributed by atoms with Crippen LogP contribution in [-0.4, -0.2) is 90.9 Å². The summed E-state index contributed by atoms with van der Waals surface area (Å²) < 4.78 is 39.7. The molecule has 0 radical (unpaired) electrons. The van der Waals surface area contributed by atoms with Crippen molar-refractivity contribution in [2.45, 2.75) is 63.6 Å². The third kappa shape index (κ3) is 5.29. The van der Waals surface area contributed by atoms with Crippen LogP contribution in [-0.2, 0) is 35.4 Å². The SMILES string of the molecule is C[C@@H]1CN(C(=O)CS(=O)(=O)c2cn(CC(=O)N3C[C@H](C)O[C@@H](C)C3)c3ccccc23)C[C@H](C)O1. The highest BCUT2D eigenvalue weighted by Gasteiger charge is 2.32. The van der Waals surface area contributed by atoms with Crippen molar-refractivity contribution >= 4 is 32.6 Å². The molecule has 0 saturated carbocycles. The minimum atomic E-state index is -3.93. The Morgan fingerprint density at radius 1 is 0.853 bits per heavy atom. The van der Waals surface area contributed by atoms with Gasteiger partial charge in [0.15, 0.2) is 9.84 Å². The average molecular weight is 492 g/mol. The van der Waals surface area contributed by atoms with E-state index in [0.29, 0.717) is 37.1 Å². The highest BCUT2D eigenvalue weighted by molar-refractivity contribution is 7.92. The number of amides is 2. The lowest BCUT2D eigenvalue weighted by Crippen LogP contribution is -2.49. The number of rotatable bonds is 5. The van der Waals surface area contributed by atoms with Gasteiger partial charge < -0.3 is 23.8 Å². The number of para-hydroxylation sites is 1. The van der Waals surface area contributed by atoms with Crippen LogP contribution in [0.2, 0.25) is 0 Å². The van der Waals surface area contributed by atoms with Crippen LogP contribution in [0.15, 0.2) is 35.4 Å². The predicted octanol–water partition coefficient (Wildman–Crippen LogP) is 1.69. The van der Waals surface area contributed by atoms with Gasteiger partial charge in [-0.05, 0) is 33.8 Å². The van der Waals surface area contributed by atoms with E-state index in [0.717, 1.165) is 0 Å². The zero-order valence-corrected chi connectivity index (χ0v) is 21.0. The van der Waals surface area contributed by atoms with E-state index in [2.05, 4.69) is 0 Å². The van der Waals surface area contributed by atoms with E-state index in [1.54, 1.807) is 38.6 Å². The molecule has 0 unspecified atom stereocenters. The lowest BCUT2D eigenvalue weighted by molar-refractivity contribution is -0.143. The Morgan fingerprint density at radius 3 is 1.91 bits per heavy atom. The lowest BCUT2D eigenvalue weighted by Gasteiger charge is -2.35. The van der Waals surface area contributed by atoms with Gasteiger partial charge in [0.2, 0.25) is 11.8 Å². The molecule has 2 aliphatic heterocycles. The first-order valence-corrected chi connectivity index (χ1v) is 13.4. The molecule has 3 heterocycles. The predicted molar refractivity (Wildman–Crippen MR) is 127 cm³/mol. The van der Waals surface area contributed by atoms with E-state index in [9.17, 15) is 18.0 Å². The number of benzene rings is 1. The summed E-state index contributed by atoms with van der Waals surface area (Å²) in [5.41, 5.74) is 0.643. The second-order valence-corrected chi connectivity index (χ2v) is 11.5. The van der Waals surface area contributed by atoms with Gasteiger partial charge in [-0.1, -0.05) is 18.2 Å². The maximum Gasteiger partial charge on any atom is 0.242 e. The Hall–Kier alpha value is -2.43. The summed E-state index contributed by atoms with van der Waals surface area (Å²) in [6, 6.07) is 7.07. The number of nitrogens with zero attached hydrogens (tertiary/aromatic N) is 3. The van der Waals surface area contributed by atoms with Gasteiger partial charge in [0.05, 0.1) is 29.3 Å². The maximum atomic E-state index is 13.3. The Labute approximate surface area is 200 Å². The molecule has 2 aromatic rings. The standard InChI is InChI=1S/C24H33N3O6S/c1-16-9-26(10-17(2)32-16)23(28)14-25-13-22(20-7-5-6-8-21(20)25)34(30,31)15-24(29)27-11-18(3)33-19(4)12-27/h5-8,13,16-19H,9-12,14-15H2,1-4H3/t16-,17-,18-,19+/m0/s1. The summed E-state index contributed by atoms with van der Waals surface area (Å²) >= 11 is 0. The van der Waals surface area contributed by atoms with E-state index in [1.165, 1.54) is 6.20 Å². The fourth-order valence-electron chi connectivity index (χ4n) is 4.93. The van der Waals surface area contributed by atoms with E-state index in [4.69, 9.17) is 9.47 Å². The molecule has 0 aliphatic carbocycles. The second kappa shape index (κ2) is 9.67. The molecule has 34 heavy (non-hydrogen) atoms. The van der Waals surface area contributed by atoms with Crippen LogP contribution in [0.1, 0.15) is 27.7 Å². The van der Waals surface area contributed by atoms with Crippen LogP contribution in [0.4, 0.5) is 0 Å². The molecule has 2 aliphatic rings. The number of hydrogen-bond donors (Lipinski definition) is 0. The number of sulfone groups is 1. The Balaban J connectivity index is 1.57. The van der Waals surface area contributed by atoms with Gasteiger partial charge in [-0.2, -0.15) is 0 Å². The minimum Gasteiger partial charge on any atom is -0.372 e. The summed E-state index contributed by atoms with van der Waals surface area (Å²) in [7, 11) is -3.93. The third-order valence-corrected chi connectivity index (χ3v) is 7.87. The molecule has 186 valence electrons. The fraction of sp³-hybridized carbons (Fsp3) is 0.583. The largest absolute Gasteiger partial charge is 0.372 e. The van der Waals surface area contributed by atoms with Crippen LogP contribution in [0.25, 0.3) is 10.9 Å². The first kappa shape index (κ1) is 24.7. The molecule has 0 bridgehead atoms. The number of carbonyl (C=O) groups excluding carboxylic acids is 2. The molecular formula is C24H33N3O6S. The van der Waals surface area contributed by atoms with E-state index >= 15 is 0 Å². The molecule has 0 N–H and O–H groups in total. The first-order chi connectivity index (χ1) is 16.0. The zero-order valence-electron chi connectivity index (χ0n) is 20.1. The van der Waals surface area contributed by atoms with Crippen molar-refractivity contribution in [2.24, 2.45) is 0 Å². The van der Waals surface area contributed by atoms with Gasteiger partial charge in [-0.25, -0.2) is 8.42 Å². The highest BCUT2D eigenvalue weighted by atomic mass is 32.2. The molecule has 4 atom stereocenters. The molecular weight excluding hydrogens is 458 g/mol. The lowest BCUT2D eigenvalue weighted by atomic mass is 10.2. The van der Waals surface area contributed by atoms with Crippen molar-refractivity contribution in [1.29, 1.82) is 0 Å². The van der Waals surface area contributed by atoms with Crippen LogP contribution < -0.4 is 0 Å². The Kier molecular flexibility index (Phi) is 7.02. The molecule has 1 aromatic heterocycles. The molecule has 4 rings (SSSR count). The van der Waals surface area contributed by atoms with Gasteiger partial charge in [0.25, 0.3) is 0 Å². The van der Waals surface area contributed by atoms with Crippen LogP contribution >= 0.6 is 0 Å². The minimum absolute atomic E-state index is 0.0158. The molecule has 10 heteroatoms. The maximum absolute atomic E-state index is 13.3. The second-order valence-electron chi connectivity index (χ2n) is 9.51. The number of aromatic nitrogens is 1. The molecule has 0 spiro atoms. The normalized spacial score (nSPS) is 26.1. The average Bonchev–Trinajstić information content (AvgIpc) is 3.11. The quantitative estimate of drug-likeness (QED) is 0.631. The Bertz CT molecular complexity index is 1160. The molecule has 9 nitrogen and oxygen atoms in total. The van der Waals surface area contributed by atoms with Crippen molar-refractivity contribution in [2.75, 3.05) is 31.9 Å². The fourth-order valence-corrected chi connectivity index (χ4v) is 6.39. The van der Waals surface area contributed by atoms with Crippen molar-refractivity contribution in [3.8, 4) is 0 Å². The van der Waals surface area contributed by atoms with Crippen molar-refractivity contribution in [3.63, 3.8) is 0 Å². The Morgan fingerprint density at radius 2 is 1.35 bits per heavy atom. The number of morpholine rings is 2. The molecule has 2 amide bonds. The van der Waals surface area contributed by atoms with Crippen LogP contribution in [0.5, 0.6) is 0 Å². The van der Waals surface area contributed by atoms with Gasteiger partial charge in [0, 0.05) is 43.3 Å². The van der Waals surface area contributed by atoms with Crippen molar-refractivity contribution in [1.82, 2.24) is 14.4 Å². The summed E-state index contributed by atoms with van der Waals surface area (Å²) in [4.78, 5) is 29.3. The molecule has 2 saturated heterocycles. The summed E-state index contributed by atoms with van der Waals surface area (Å²) in [5.74, 6) is -1.15. The topological polar surface area (TPSA) is 98.2 Å². The summed E-state index contributed by atoms with van der Waals surface area (Å²) in [6.45, 7) is 9.34. The van der Waals surface area contributed by atoms with Crippen molar-refractivity contribution in [3.05, 3.63) is 30.5 Å². The molecule has 2 fully saturated rings. The first-order valence-electron chi connectivity index (χ1n) is 11.7. The number of ether oxygens (including phenoxy) is 2. The van der Waals surface area contributed by atoms with E-state index in [-0.39, 0.29) is 41.8 Å². The highest BCUT2D eigenvalue weighted by Crippen LogP contribution is 2.27. The number of hydrogen-bond acceptors (Lipinski definition) is 6. The summed E-state index contributed by atoms with van der Waals surface area (Å²) in [5, 5.41) is 0.510.